The molecule has 28 heavy (non-hydrogen) atoms. The molecule has 3 N–H and O–H groups in total. The minimum absolute atomic E-state index is 0.0723. The number of nitrogens with zero attached hydrogens (tertiary/aromatic N) is 4. The third kappa shape index (κ3) is 3.65. The zero-order chi connectivity index (χ0) is 19.7. The monoisotopic (exact) mass is 383 g/mol. The first kappa shape index (κ1) is 18.6. The van der Waals surface area contributed by atoms with Crippen LogP contribution >= 0.6 is 0 Å². The molecular formula is C20H25N5O3. The molecule has 0 radical (unpaired) electrons. The van der Waals surface area contributed by atoms with Crippen molar-refractivity contribution in [3.63, 3.8) is 0 Å². The van der Waals surface area contributed by atoms with Crippen molar-refractivity contribution in [2.75, 3.05) is 0 Å². The van der Waals surface area contributed by atoms with E-state index in [1.54, 1.807) is 10.9 Å². The summed E-state index contributed by atoms with van der Waals surface area (Å²) in [6, 6.07) is 7.50. The van der Waals surface area contributed by atoms with E-state index >= 15 is 0 Å². The van der Waals surface area contributed by atoms with Crippen molar-refractivity contribution in [2.24, 2.45) is 13.0 Å². The van der Waals surface area contributed by atoms with Crippen LogP contribution in [0, 0.1) is 5.92 Å². The quantitative estimate of drug-likeness (QED) is 0.570. The molecule has 8 heteroatoms. The summed E-state index contributed by atoms with van der Waals surface area (Å²) < 4.78 is 3.61. The van der Waals surface area contributed by atoms with E-state index in [4.69, 9.17) is 0 Å². The molecule has 2 aromatic heterocycles. The van der Waals surface area contributed by atoms with Gasteiger partial charge in [-0.2, -0.15) is 5.10 Å². The van der Waals surface area contributed by atoms with E-state index in [0.717, 1.165) is 16.6 Å². The summed E-state index contributed by atoms with van der Waals surface area (Å²) in [6.45, 7) is 0.268. The van der Waals surface area contributed by atoms with E-state index in [9.17, 15) is 15.0 Å². The number of hydrogen-bond donors (Lipinski definition) is 3. The van der Waals surface area contributed by atoms with Crippen LogP contribution in [0.15, 0.2) is 36.7 Å². The molecule has 0 bridgehead atoms. The second kappa shape index (κ2) is 7.73. The lowest BCUT2D eigenvalue weighted by atomic mass is 9.75. The number of carbonyl (C=O) groups is 1. The van der Waals surface area contributed by atoms with Gasteiger partial charge >= 0.3 is 0 Å². The number of carbonyl (C=O) groups excluding carboxylic acids is 1. The summed E-state index contributed by atoms with van der Waals surface area (Å²) in [4.78, 5) is 17.1. The Balaban J connectivity index is 1.46. The van der Waals surface area contributed by atoms with Crippen LogP contribution in [0.1, 0.15) is 36.7 Å². The fourth-order valence-corrected chi connectivity index (χ4v) is 3.93. The Morgan fingerprint density at radius 2 is 2.14 bits per heavy atom. The van der Waals surface area contributed by atoms with Gasteiger partial charge in [-0.1, -0.05) is 12.1 Å². The molecule has 0 saturated heterocycles. The van der Waals surface area contributed by atoms with Crippen molar-refractivity contribution in [1.29, 1.82) is 0 Å². The molecule has 1 saturated carbocycles. The van der Waals surface area contributed by atoms with E-state index in [2.05, 4.69) is 15.4 Å². The maximum atomic E-state index is 12.7. The van der Waals surface area contributed by atoms with Crippen LogP contribution in [0.3, 0.4) is 0 Å². The van der Waals surface area contributed by atoms with Gasteiger partial charge in [0.25, 0.3) is 0 Å². The number of rotatable bonds is 7. The lowest BCUT2D eigenvalue weighted by Gasteiger charge is -2.37. The number of hydrogen-bond acceptors (Lipinski definition) is 5. The van der Waals surface area contributed by atoms with Crippen LogP contribution in [0.5, 0.6) is 0 Å². The predicted octanol–water partition coefficient (Wildman–Crippen LogP) is 1.28. The minimum Gasteiger partial charge on any atom is -0.393 e. The van der Waals surface area contributed by atoms with Crippen molar-refractivity contribution < 1.29 is 15.0 Å². The molecule has 1 aliphatic rings. The summed E-state index contributed by atoms with van der Waals surface area (Å²) in [5.41, 5.74) is 2.67. The molecule has 1 aromatic carbocycles. The predicted molar refractivity (Wildman–Crippen MR) is 103 cm³/mol. The molecule has 8 nitrogen and oxygen atoms in total. The van der Waals surface area contributed by atoms with Gasteiger partial charge < -0.3 is 20.1 Å². The van der Waals surface area contributed by atoms with Crippen LogP contribution in [0.4, 0.5) is 0 Å². The molecule has 1 fully saturated rings. The van der Waals surface area contributed by atoms with Crippen LogP contribution in [0.25, 0.3) is 11.0 Å². The highest BCUT2D eigenvalue weighted by Crippen LogP contribution is 2.38. The summed E-state index contributed by atoms with van der Waals surface area (Å²) in [5.74, 6) is 0.696. The Bertz CT molecular complexity index is 973. The molecular weight excluding hydrogens is 358 g/mol. The van der Waals surface area contributed by atoms with E-state index in [1.807, 2.05) is 42.1 Å². The van der Waals surface area contributed by atoms with Gasteiger partial charge in [0, 0.05) is 31.8 Å². The molecule has 1 aliphatic carbocycles. The Morgan fingerprint density at radius 3 is 2.82 bits per heavy atom. The first-order valence-electron chi connectivity index (χ1n) is 9.56. The lowest BCUT2D eigenvalue weighted by Crippen LogP contribution is -2.41. The van der Waals surface area contributed by atoms with E-state index in [-0.39, 0.29) is 37.0 Å². The van der Waals surface area contributed by atoms with E-state index < -0.39 is 0 Å². The second-order valence-electron chi connectivity index (χ2n) is 7.45. The van der Waals surface area contributed by atoms with Crippen LogP contribution in [-0.2, 0) is 25.0 Å². The fourth-order valence-electron chi connectivity index (χ4n) is 3.93. The van der Waals surface area contributed by atoms with Crippen molar-refractivity contribution in [2.45, 2.75) is 44.6 Å². The van der Waals surface area contributed by atoms with Crippen LogP contribution < -0.4 is 5.32 Å². The van der Waals surface area contributed by atoms with Crippen LogP contribution in [-0.4, -0.2) is 41.6 Å². The largest absolute Gasteiger partial charge is 0.393 e. The molecule has 1 amide bonds. The third-order valence-electron chi connectivity index (χ3n) is 5.46. The normalized spacial score (nSPS) is 20.1. The van der Waals surface area contributed by atoms with E-state index in [0.29, 0.717) is 25.2 Å². The number of aromatic nitrogens is 4. The minimum atomic E-state index is -0.287. The fraction of sp³-hybridized carbons (Fsp3) is 0.450. The Morgan fingerprint density at radius 1 is 1.36 bits per heavy atom. The van der Waals surface area contributed by atoms with Gasteiger partial charge in [0.15, 0.2) is 0 Å². The molecule has 2 heterocycles. The summed E-state index contributed by atoms with van der Waals surface area (Å²) in [5, 5.41) is 26.6. The van der Waals surface area contributed by atoms with Crippen molar-refractivity contribution in [3.05, 3.63) is 48.0 Å². The lowest BCUT2D eigenvalue weighted by molar-refractivity contribution is -0.123. The number of nitrogens with one attached hydrogen (secondary N) is 1. The average molecular weight is 383 g/mol. The Kier molecular flexibility index (Phi) is 5.15. The number of aliphatic hydroxyl groups excluding tert-OH is 2. The first-order chi connectivity index (χ1) is 13.5. The topological polar surface area (TPSA) is 105 Å². The third-order valence-corrected chi connectivity index (χ3v) is 5.46. The van der Waals surface area contributed by atoms with Crippen molar-refractivity contribution in [3.8, 4) is 0 Å². The van der Waals surface area contributed by atoms with Gasteiger partial charge in [-0.15, -0.1) is 0 Å². The van der Waals surface area contributed by atoms with Crippen molar-refractivity contribution >= 4 is 16.9 Å². The van der Waals surface area contributed by atoms with Gasteiger partial charge in [0.1, 0.15) is 12.4 Å². The van der Waals surface area contributed by atoms with Crippen molar-refractivity contribution in [1.82, 2.24) is 24.6 Å². The Labute approximate surface area is 162 Å². The number of fused-ring (bicyclic) bond motifs is 1. The molecule has 1 atom stereocenters. The number of aryl methyl sites for hydroxylation is 2. The number of amides is 1. The molecule has 148 valence electrons. The van der Waals surface area contributed by atoms with E-state index in [1.165, 1.54) is 0 Å². The summed E-state index contributed by atoms with van der Waals surface area (Å²) in [6.07, 6.45) is 5.03. The SMILES string of the molecule is Cn1cc([C@H](NC(=O)CCn2c(CO)nc3ccccc32)C2CC(O)C2)cn1. The maximum absolute atomic E-state index is 12.7. The number of para-hydroxylation sites is 2. The molecule has 4 rings (SSSR count). The summed E-state index contributed by atoms with van der Waals surface area (Å²) >= 11 is 0. The zero-order valence-electron chi connectivity index (χ0n) is 15.8. The number of imidazole rings is 1. The second-order valence-corrected chi connectivity index (χ2v) is 7.45. The molecule has 3 aromatic rings. The number of aliphatic hydroxyl groups is 2. The molecule has 0 unspecified atom stereocenters. The Hall–Kier alpha value is -2.71. The maximum Gasteiger partial charge on any atom is 0.222 e. The smallest absolute Gasteiger partial charge is 0.222 e. The zero-order valence-corrected chi connectivity index (χ0v) is 15.8. The standard InChI is InChI=1S/C20H25N5O3/c1-24-11-14(10-21-24)20(13-8-15(27)9-13)23-19(28)6-7-25-17-5-3-2-4-16(17)22-18(25)12-26/h2-5,10-11,13,15,20,26-27H,6-9,12H2,1H3,(H,23,28)/t13?,15?,20-/m1/s1. The van der Waals surface area contributed by atoms with Gasteiger partial charge in [-0.3, -0.25) is 9.48 Å². The van der Waals surface area contributed by atoms with Gasteiger partial charge in [0.05, 0.1) is 29.4 Å². The first-order valence-corrected chi connectivity index (χ1v) is 9.56. The highest BCUT2D eigenvalue weighted by Gasteiger charge is 2.36. The highest BCUT2D eigenvalue weighted by atomic mass is 16.3. The highest BCUT2D eigenvalue weighted by molar-refractivity contribution is 5.78. The average Bonchev–Trinajstić information content (AvgIpc) is 3.25. The van der Waals surface area contributed by atoms with Gasteiger partial charge in [-0.25, -0.2) is 4.98 Å². The molecule has 0 aliphatic heterocycles. The van der Waals surface area contributed by atoms with Gasteiger partial charge in [-0.05, 0) is 30.9 Å². The van der Waals surface area contributed by atoms with Crippen LogP contribution in [0.2, 0.25) is 0 Å². The summed E-state index contributed by atoms with van der Waals surface area (Å²) in [7, 11) is 1.85. The molecule has 0 spiro atoms. The number of benzene rings is 1. The van der Waals surface area contributed by atoms with Gasteiger partial charge in [0.2, 0.25) is 5.91 Å².